The third-order valence-electron chi connectivity index (χ3n) is 10.2. The molecule has 2 aliphatic heterocycles. The van der Waals surface area contributed by atoms with Gasteiger partial charge in [-0.05, 0) is 116 Å². The number of fused-ring (bicyclic) bond motifs is 8. The Labute approximate surface area is 315 Å². The van der Waals surface area contributed by atoms with E-state index in [4.69, 9.17) is 9.97 Å². The minimum atomic E-state index is 0.344. The zero-order valence-corrected chi connectivity index (χ0v) is 35.7. The fourth-order valence-corrected chi connectivity index (χ4v) is 8.55. The first kappa shape index (κ1) is 40.2. The van der Waals surface area contributed by atoms with Gasteiger partial charge in [0, 0.05) is 22.1 Å². The molecule has 2 aliphatic rings. The van der Waals surface area contributed by atoms with Crippen molar-refractivity contribution in [1.82, 2.24) is 19.9 Å². The van der Waals surface area contributed by atoms with Crippen LogP contribution in [0.4, 0.5) is 0 Å². The highest BCUT2D eigenvalue weighted by Gasteiger charge is 2.29. The normalized spacial score (nSPS) is 13.9. The molecule has 0 spiro atoms. The molecule has 0 atom stereocenters. The summed E-state index contributed by atoms with van der Waals surface area (Å²) in [6, 6.07) is 9.41. The van der Waals surface area contributed by atoms with Gasteiger partial charge < -0.3 is 9.97 Å². The van der Waals surface area contributed by atoms with Gasteiger partial charge in [-0.3, -0.25) is 10.0 Å². The molecule has 0 aromatic carbocycles. The maximum absolute atomic E-state index is 5.50. The molecule has 0 amide bonds. The third kappa shape index (κ3) is 7.49. The van der Waals surface area contributed by atoms with E-state index in [0.29, 0.717) is 47.3 Å². The summed E-state index contributed by atoms with van der Waals surface area (Å²) in [6.45, 7) is 37.2. The first-order chi connectivity index (χ1) is 23.4. The van der Waals surface area contributed by atoms with Gasteiger partial charge in [-0.2, -0.15) is 0 Å². The van der Waals surface area contributed by atoms with Crippen LogP contribution >= 0.6 is 10.0 Å². The van der Waals surface area contributed by atoms with E-state index in [1.54, 1.807) is 0 Å². The van der Waals surface area contributed by atoms with E-state index < -0.39 is 0 Å². The second kappa shape index (κ2) is 16.0. The minimum Gasteiger partial charge on any atom is -0.355 e. The van der Waals surface area contributed by atoms with E-state index in [1.807, 2.05) is 15.4 Å². The summed E-state index contributed by atoms with van der Waals surface area (Å²) < 4.78 is 0. The van der Waals surface area contributed by atoms with E-state index in [-0.39, 0.29) is 0 Å². The molecule has 0 saturated carbocycles. The highest BCUT2D eigenvalue weighted by Crippen LogP contribution is 2.44. The molecule has 50 heavy (non-hydrogen) atoms. The van der Waals surface area contributed by atoms with Crippen molar-refractivity contribution in [3.63, 3.8) is 0 Å². The van der Waals surface area contributed by atoms with Crippen LogP contribution in [0.2, 0.25) is 0 Å². The van der Waals surface area contributed by atoms with E-state index in [1.165, 1.54) is 66.6 Å². The van der Waals surface area contributed by atoms with Crippen LogP contribution in [0.15, 0.2) is 24.3 Å². The molecule has 5 rings (SSSR count). The lowest BCUT2D eigenvalue weighted by atomic mass is 9.87. The van der Waals surface area contributed by atoms with E-state index >= 15 is 0 Å². The van der Waals surface area contributed by atoms with Crippen LogP contribution in [0.5, 0.6) is 0 Å². The summed E-state index contributed by atoms with van der Waals surface area (Å²) in [7, 11) is 4.56. The number of nitrogens with one attached hydrogen (secondary N) is 2. The summed E-state index contributed by atoms with van der Waals surface area (Å²) >= 11 is 1.89. The zero-order chi connectivity index (χ0) is 37.5. The lowest BCUT2D eigenvalue weighted by Crippen LogP contribution is -1.99. The summed E-state index contributed by atoms with van der Waals surface area (Å²) in [6.07, 6.45) is 0. The van der Waals surface area contributed by atoms with Crippen molar-refractivity contribution in [3.8, 4) is 0 Å². The Kier molecular flexibility index (Phi) is 12.8. The van der Waals surface area contributed by atoms with E-state index in [9.17, 15) is 0 Å². The van der Waals surface area contributed by atoms with Crippen molar-refractivity contribution in [2.24, 2.45) is 23.7 Å². The number of H-pyrrole nitrogens is 2. The van der Waals surface area contributed by atoms with Crippen LogP contribution in [0.25, 0.3) is 44.4 Å². The highest BCUT2D eigenvalue weighted by atomic mass is 35.6. The molecule has 4 nitrogen and oxygen atoms in total. The van der Waals surface area contributed by atoms with Crippen molar-refractivity contribution >= 4 is 69.8 Å². The first-order valence-electron chi connectivity index (χ1n) is 19.0. The third-order valence-corrected chi connectivity index (χ3v) is 10.2. The number of aromatic nitrogens is 4. The van der Waals surface area contributed by atoms with Crippen molar-refractivity contribution in [3.05, 3.63) is 69.3 Å². The molecule has 2 N–H and O–H groups in total. The van der Waals surface area contributed by atoms with Crippen molar-refractivity contribution < 1.29 is 0 Å². The predicted molar refractivity (Wildman–Crippen MR) is 222 cm³/mol. The van der Waals surface area contributed by atoms with Gasteiger partial charge >= 0.3 is 0 Å². The van der Waals surface area contributed by atoms with Crippen LogP contribution in [0.3, 0.4) is 0 Å². The molecule has 0 fully saturated rings. The quantitative estimate of drug-likeness (QED) is 0.229. The SMILES string of the molecule is CC(C)C1=C(C(C)C)c2cc3[nH]c(cc4nc(cc5[nH]c(cc1n2)c(C(C)C)c5C(C)C)C(C(C)C)=C4C(C)C)c(C(C)C)c3C(C)C.[Al][Cl]. The molecule has 8 bridgehead atoms. The topological polar surface area (TPSA) is 57.4 Å². The molecular formula is C44H62AlClN4. The van der Waals surface area contributed by atoms with E-state index in [2.05, 4.69) is 155 Å². The number of rotatable bonds is 8. The van der Waals surface area contributed by atoms with Crippen LogP contribution < -0.4 is 0 Å². The van der Waals surface area contributed by atoms with Crippen molar-refractivity contribution in [1.29, 1.82) is 0 Å². The van der Waals surface area contributed by atoms with Gasteiger partial charge in [0.2, 0.25) is 0 Å². The molecule has 3 aromatic heterocycles. The lowest BCUT2D eigenvalue weighted by Gasteiger charge is -2.15. The summed E-state index contributed by atoms with van der Waals surface area (Å²) in [4.78, 5) is 18.9. The number of hydrogen-bond acceptors (Lipinski definition) is 2. The summed E-state index contributed by atoms with van der Waals surface area (Å²) in [5, 5.41) is 0. The fourth-order valence-electron chi connectivity index (χ4n) is 8.55. The van der Waals surface area contributed by atoms with Gasteiger partial charge in [-0.15, -0.1) is 0 Å². The molecule has 0 aliphatic carbocycles. The summed E-state index contributed by atoms with van der Waals surface area (Å²) in [5.74, 6) is 2.80. The van der Waals surface area contributed by atoms with Crippen LogP contribution in [-0.4, -0.2) is 35.3 Å². The number of allylic oxidation sites excluding steroid dienone is 4. The van der Waals surface area contributed by atoms with Gasteiger partial charge in [-0.1, -0.05) is 111 Å². The number of nitrogens with zero attached hydrogens (tertiary/aromatic N) is 2. The fraction of sp³-hybridized carbons (Fsp3) is 0.545. The van der Waals surface area contributed by atoms with Crippen molar-refractivity contribution in [2.75, 3.05) is 0 Å². The Bertz CT molecular complexity index is 1670. The average molecular weight is 709 g/mol. The van der Waals surface area contributed by atoms with Gasteiger partial charge in [0.15, 0.2) is 0 Å². The molecular weight excluding hydrogens is 647 g/mol. The molecule has 0 saturated heterocycles. The Morgan fingerprint density at radius 3 is 0.680 bits per heavy atom. The van der Waals surface area contributed by atoms with Gasteiger partial charge in [-0.25, -0.2) is 9.97 Å². The maximum atomic E-state index is 5.50. The van der Waals surface area contributed by atoms with Crippen LogP contribution in [0.1, 0.15) is 179 Å². The number of hydrogen-bond donors (Lipinski definition) is 2. The zero-order valence-electron chi connectivity index (χ0n) is 33.8. The second-order valence-electron chi connectivity index (χ2n) is 16.8. The Balaban J connectivity index is 0.00000276. The molecule has 0 unspecified atom stereocenters. The summed E-state index contributed by atoms with van der Waals surface area (Å²) in [5.41, 5.74) is 20.1. The standard InChI is InChI=1S/C44H62N4.Al.ClH/c1-21(2)37-29-17-31-39(23(5)6)41(25(9)10)33(46-31)19-35-43(27(13)14)44(28(15)16)36(48-35)20-34-42(26(11)12)40(24(7)8)32(47-34)18-30(45-29)38(37)22(3)4;;/h17-28,45,48H,1-16H3;;1H/q;+1;/p-1. The lowest BCUT2D eigenvalue weighted by molar-refractivity contribution is 0.807. The highest BCUT2D eigenvalue weighted by molar-refractivity contribution is 6.80. The molecule has 5 heterocycles. The van der Waals surface area contributed by atoms with E-state index in [0.717, 1.165) is 22.8 Å². The van der Waals surface area contributed by atoms with Gasteiger partial charge in [0.05, 0.1) is 22.8 Å². The maximum Gasteiger partial charge on any atom is 0.293 e. The number of aromatic amines is 2. The molecule has 268 valence electrons. The van der Waals surface area contributed by atoms with Crippen LogP contribution in [-0.2, 0) is 0 Å². The first-order valence-corrected chi connectivity index (χ1v) is 20.7. The van der Waals surface area contributed by atoms with Crippen molar-refractivity contribution in [2.45, 2.75) is 134 Å². The molecule has 6 heteroatoms. The molecule has 2 radical (unpaired) electrons. The predicted octanol–water partition coefficient (Wildman–Crippen LogP) is 13.6. The van der Waals surface area contributed by atoms with Crippen LogP contribution in [0, 0.1) is 23.7 Å². The second-order valence-corrected chi connectivity index (χ2v) is 16.8. The molecule has 3 aromatic rings. The Morgan fingerprint density at radius 2 is 0.540 bits per heavy atom. The van der Waals surface area contributed by atoms with Gasteiger partial charge in [0.25, 0.3) is 15.4 Å². The monoisotopic (exact) mass is 708 g/mol. The Morgan fingerprint density at radius 1 is 0.360 bits per heavy atom. The minimum absolute atomic E-state index is 0.344. The largest absolute Gasteiger partial charge is 0.355 e. The smallest absolute Gasteiger partial charge is 0.293 e. The Hall–Kier alpha value is -2.58. The number of halogens is 1. The average Bonchev–Trinajstić information content (AvgIpc) is 3.74. The van der Waals surface area contributed by atoms with Gasteiger partial charge in [0.1, 0.15) is 0 Å².